The number of carbonyl (C=O) groups is 4. The van der Waals surface area contributed by atoms with Crippen LogP contribution < -0.4 is 22.1 Å². The van der Waals surface area contributed by atoms with Crippen molar-refractivity contribution in [3.05, 3.63) is 47.5 Å². The molecule has 20 atom stereocenters. The highest BCUT2D eigenvalue weighted by molar-refractivity contribution is 5.94. The van der Waals surface area contributed by atoms with Crippen LogP contribution in [-0.4, -0.2) is 251 Å². The number of phenolic OH excluding ortho intramolecular Hbond substituents is 2. The van der Waals surface area contributed by atoms with Crippen molar-refractivity contribution in [2.75, 3.05) is 78.8 Å². The molecular weight excluding hydrogens is 1040 g/mol. The van der Waals surface area contributed by atoms with Crippen molar-refractivity contribution in [3.8, 4) is 11.5 Å². The summed E-state index contributed by atoms with van der Waals surface area (Å²) in [6.07, 6.45) is -24.2. The lowest BCUT2D eigenvalue weighted by Crippen LogP contribution is -2.64. The van der Waals surface area contributed by atoms with Crippen LogP contribution in [0.25, 0.3) is 0 Å². The maximum Gasteiger partial charge on any atom is 0.344 e. The number of hydrogen-bond donors (Lipinski definition) is 15. The molecule has 4 aliphatic heterocycles. The summed E-state index contributed by atoms with van der Waals surface area (Å²) >= 11 is 0. The zero-order chi connectivity index (χ0) is 56.4. The Hall–Kier alpha value is -5.20. The van der Waals surface area contributed by atoms with E-state index in [4.69, 9.17) is 63.6 Å². The van der Waals surface area contributed by atoms with E-state index >= 15 is 0 Å². The van der Waals surface area contributed by atoms with Crippen molar-refractivity contribution in [3.63, 3.8) is 0 Å². The second-order valence-corrected chi connectivity index (χ2v) is 18.6. The second-order valence-electron chi connectivity index (χ2n) is 18.6. The number of rotatable bonds is 22. The van der Waals surface area contributed by atoms with Crippen molar-refractivity contribution in [2.45, 2.75) is 111 Å². The summed E-state index contributed by atoms with van der Waals surface area (Å²) in [6, 6.07) is 5.64. The number of benzene rings is 2. The first-order valence-corrected chi connectivity index (χ1v) is 24.3. The fourth-order valence-corrected chi connectivity index (χ4v) is 9.55. The molecule has 30 heteroatoms. The molecule has 4 heterocycles. The fourth-order valence-electron chi connectivity index (χ4n) is 9.55. The van der Waals surface area contributed by atoms with Crippen LogP contribution in [0.3, 0.4) is 0 Å². The van der Waals surface area contributed by atoms with Gasteiger partial charge in [0.05, 0.1) is 70.2 Å². The summed E-state index contributed by atoms with van der Waals surface area (Å²) in [4.78, 5) is 52.0. The Morgan fingerprint density at radius 2 is 1.00 bits per heavy atom. The van der Waals surface area contributed by atoms with E-state index in [0.29, 0.717) is 0 Å². The number of hydrogen-bond acceptors (Lipinski definition) is 30. The number of aromatic hydroxyl groups is 2. The van der Waals surface area contributed by atoms with Gasteiger partial charge < -0.3 is 130 Å². The Bertz CT molecular complexity index is 2290. The maximum absolute atomic E-state index is 13.8. The molecule has 6 rings (SSSR count). The fraction of sp³-hybridized carbons (Fsp3) is 0.660. The minimum atomic E-state index is -2.09. The highest BCUT2D eigenvalue weighted by Gasteiger charge is 2.53. The third-order valence-electron chi connectivity index (χ3n) is 13.8. The van der Waals surface area contributed by atoms with Crippen molar-refractivity contribution in [2.24, 2.45) is 17.8 Å². The van der Waals surface area contributed by atoms with Crippen LogP contribution in [-0.2, 0) is 61.7 Å². The Labute approximate surface area is 439 Å². The Morgan fingerprint density at radius 1 is 0.532 bits per heavy atom. The number of likely N-dealkylation sites (N-methyl/N-ethyl adjacent to an activating group) is 2. The summed E-state index contributed by atoms with van der Waals surface area (Å²) in [5.74, 6) is -9.20. The zero-order valence-electron chi connectivity index (χ0n) is 41.9. The number of nitrogens with two attached hydrogens (primary N) is 2. The van der Waals surface area contributed by atoms with Crippen molar-refractivity contribution >= 4 is 35.3 Å². The van der Waals surface area contributed by atoms with Gasteiger partial charge in [0.25, 0.3) is 0 Å². The first-order valence-electron chi connectivity index (χ1n) is 24.3. The first-order chi connectivity index (χ1) is 36.6. The summed E-state index contributed by atoms with van der Waals surface area (Å²) in [5, 5.41) is 124. The number of carbonyl (C=O) groups excluding carboxylic acids is 4. The predicted octanol–water partition coefficient (Wildman–Crippen LogP) is -6.13. The molecule has 4 saturated heterocycles. The molecule has 432 valence electrons. The van der Waals surface area contributed by atoms with Crippen LogP contribution in [0.5, 0.6) is 11.5 Å². The van der Waals surface area contributed by atoms with E-state index in [9.17, 15) is 75.3 Å². The number of aliphatic hydroxyl groups excluding tert-OH is 9. The van der Waals surface area contributed by atoms with Gasteiger partial charge >= 0.3 is 23.9 Å². The third kappa shape index (κ3) is 14.4. The summed E-state index contributed by atoms with van der Waals surface area (Å²) < 4.78 is 60.7. The van der Waals surface area contributed by atoms with Crippen LogP contribution in [0.15, 0.2) is 36.4 Å². The van der Waals surface area contributed by atoms with Crippen molar-refractivity contribution < 1.29 is 127 Å². The van der Waals surface area contributed by atoms with Gasteiger partial charge in [-0.05, 0) is 57.4 Å². The molecule has 30 nitrogen and oxygen atoms in total. The van der Waals surface area contributed by atoms with Gasteiger partial charge in [-0.1, -0.05) is 0 Å². The lowest BCUT2D eigenvalue weighted by Gasteiger charge is -2.46. The standard InChI is InChI=1S/C47H68N4O26/c1-18-31(50-2)23(33(56)28(10-52)74-18)13-68-46-38(61)35(58)25(40(76-46)44(65)72-16-70-42(63)21-8-19(48)4-6-26(21)54)12-67-15-30-32(51-3)24(34(57)29(11-53)75-30)14-69-47-39(62)36(59)37(60)41(77-47)45(66)73-17-71-43(64)22-9-20(49)5-7-27(22)55/h4-9,18,23-25,28-41,46-47,50-62H,10-17,48-49H2,1-3H3/t18-,23+,24+,25+,28?,29?,30-,31?,32?,33+,34+,35-,36-,37+,38?,39?,40?,41?,46+,47+/m0/s1. The summed E-state index contributed by atoms with van der Waals surface area (Å²) in [5.41, 5.74) is 10.9. The minimum absolute atomic E-state index is 0.109. The van der Waals surface area contributed by atoms with E-state index in [-0.39, 0.29) is 29.1 Å². The lowest BCUT2D eigenvalue weighted by atomic mass is 9.84. The molecule has 77 heavy (non-hydrogen) atoms. The molecule has 8 unspecified atom stereocenters. The molecule has 4 fully saturated rings. The molecule has 2 aromatic carbocycles. The quantitative estimate of drug-likeness (QED) is 0.0226. The Morgan fingerprint density at radius 3 is 1.51 bits per heavy atom. The van der Waals surface area contributed by atoms with E-state index < -0.39 is 204 Å². The number of aliphatic hydroxyl groups is 9. The van der Waals surface area contributed by atoms with E-state index in [1.807, 2.05) is 0 Å². The van der Waals surface area contributed by atoms with Gasteiger partial charge in [0, 0.05) is 41.2 Å². The third-order valence-corrected chi connectivity index (χ3v) is 13.8. The highest BCUT2D eigenvalue weighted by Crippen LogP contribution is 2.34. The van der Waals surface area contributed by atoms with E-state index in [1.54, 1.807) is 14.0 Å². The molecule has 0 saturated carbocycles. The molecule has 4 aliphatic rings. The molecule has 0 aliphatic carbocycles. The number of phenols is 2. The van der Waals surface area contributed by atoms with Crippen LogP contribution in [0.4, 0.5) is 11.4 Å². The number of ether oxygens (including phenoxy) is 11. The molecule has 0 aromatic heterocycles. The van der Waals surface area contributed by atoms with Gasteiger partial charge in [-0.15, -0.1) is 0 Å². The summed E-state index contributed by atoms with van der Waals surface area (Å²) in [6.45, 7) is -3.65. The topological polar surface area (TPSA) is 468 Å². The van der Waals surface area contributed by atoms with Crippen LogP contribution in [0.2, 0.25) is 0 Å². The molecule has 17 N–H and O–H groups in total. The van der Waals surface area contributed by atoms with Crippen LogP contribution in [0.1, 0.15) is 27.6 Å². The molecule has 0 bridgehead atoms. The molecule has 2 aromatic rings. The Balaban J connectivity index is 1.11. The van der Waals surface area contributed by atoms with E-state index in [0.717, 1.165) is 24.3 Å². The van der Waals surface area contributed by atoms with E-state index in [2.05, 4.69) is 10.6 Å². The molecule has 0 radical (unpaired) electrons. The van der Waals surface area contributed by atoms with Gasteiger partial charge in [0.1, 0.15) is 59.2 Å². The predicted molar refractivity (Wildman–Crippen MR) is 253 cm³/mol. The van der Waals surface area contributed by atoms with Gasteiger partial charge in [0.2, 0.25) is 13.6 Å². The average molecular weight is 1110 g/mol. The number of nitrogen functional groups attached to an aromatic ring is 2. The number of nitrogens with one attached hydrogen (secondary N) is 2. The van der Waals surface area contributed by atoms with Crippen LogP contribution in [0, 0.1) is 17.8 Å². The SMILES string of the molecule is CNC1[C@H](C)OC(CO)[C@H](O)[C@@H]1CO[C@@H]1OC(C(=O)OCOC(=O)c2cc(N)ccc2O)[C@H](COC[C@@H]2OC(CO)[C@H](O)[C@H](CO[C@@H]3OC(C(=O)OCOC(=O)c4cc(N)ccc4O)[C@H](O)[C@H](O)C3O)C2NC)[C@H](O)C1O. The van der Waals surface area contributed by atoms with Gasteiger partial charge in [-0.2, -0.15) is 0 Å². The largest absolute Gasteiger partial charge is 0.507 e. The van der Waals surface area contributed by atoms with Crippen molar-refractivity contribution in [1.29, 1.82) is 0 Å². The molecule has 0 spiro atoms. The van der Waals surface area contributed by atoms with Gasteiger partial charge in [0.15, 0.2) is 24.8 Å². The number of anilines is 2. The second kappa shape index (κ2) is 27.6. The Kier molecular flexibility index (Phi) is 21.9. The zero-order valence-corrected chi connectivity index (χ0v) is 41.9. The van der Waals surface area contributed by atoms with Gasteiger partial charge in [-0.25, -0.2) is 19.2 Å². The van der Waals surface area contributed by atoms with Gasteiger partial charge in [-0.3, -0.25) is 0 Å². The average Bonchev–Trinajstić information content (AvgIpc) is 3.41. The summed E-state index contributed by atoms with van der Waals surface area (Å²) in [7, 11) is 3.07. The van der Waals surface area contributed by atoms with Crippen LogP contribution >= 0.6 is 0 Å². The van der Waals surface area contributed by atoms with Crippen molar-refractivity contribution in [1.82, 2.24) is 10.6 Å². The molecular formula is C47H68N4O26. The highest BCUT2D eigenvalue weighted by atomic mass is 16.7. The minimum Gasteiger partial charge on any atom is -0.507 e. The maximum atomic E-state index is 13.8. The first kappa shape index (κ1) is 61.0. The van der Waals surface area contributed by atoms with E-state index in [1.165, 1.54) is 19.2 Å². The monoisotopic (exact) mass is 1100 g/mol. The molecule has 0 amide bonds. The smallest absolute Gasteiger partial charge is 0.344 e. The normalized spacial score (nSPS) is 35.4. The number of esters is 4. The lowest BCUT2D eigenvalue weighted by molar-refractivity contribution is -0.304.